The molecular formula is C18H13ClN4O2. The molecular weight excluding hydrogens is 340 g/mol. The van der Waals surface area contributed by atoms with E-state index in [0.717, 1.165) is 5.56 Å². The number of furan rings is 1. The fourth-order valence-electron chi connectivity index (χ4n) is 2.46. The van der Waals surface area contributed by atoms with Crippen LogP contribution in [0.3, 0.4) is 0 Å². The van der Waals surface area contributed by atoms with E-state index >= 15 is 0 Å². The molecule has 124 valence electrons. The Morgan fingerprint density at radius 2 is 1.96 bits per heavy atom. The van der Waals surface area contributed by atoms with Crippen molar-refractivity contribution in [2.24, 2.45) is 10.2 Å². The van der Waals surface area contributed by atoms with E-state index < -0.39 is 0 Å². The number of halogens is 1. The number of aliphatic hydroxyl groups excluding tert-OH is 1. The van der Waals surface area contributed by atoms with E-state index in [1.165, 1.54) is 0 Å². The number of aromatic nitrogens is 2. The van der Waals surface area contributed by atoms with Crippen molar-refractivity contribution in [2.75, 3.05) is 0 Å². The van der Waals surface area contributed by atoms with Crippen LogP contribution in [-0.2, 0) is 6.61 Å². The van der Waals surface area contributed by atoms with Crippen molar-refractivity contribution in [3.05, 3.63) is 71.6 Å². The van der Waals surface area contributed by atoms with Crippen LogP contribution in [0.4, 0.5) is 11.5 Å². The first-order valence-electron chi connectivity index (χ1n) is 7.57. The summed E-state index contributed by atoms with van der Waals surface area (Å²) in [6, 6.07) is 14.3. The Labute approximate surface area is 148 Å². The van der Waals surface area contributed by atoms with E-state index in [0.29, 0.717) is 33.6 Å². The number of rotatable bonds is 4. The van der Waals surface area contributed by atoms with Crippen LogP contribution >= 0.6 is 11.6 Å². The van der Waals surface area contributed by atoms with Gasteiger partial charge < -0.3 is 9.52 Å². The molecule has 0 saturated carbocycles. The lowest BCUT2D eigenvalue weighted by molar-refractivity contribution is 0.282. The first-order valence-corrected chi connectivity index (χ1v) is 7.95. The lowest BCUT2D eigenvalue weighted by Crippen LogP contribution is -1.88. The van der Waals surface area contributed by atoms with Crippen molar-refractivity contribution in [3.8, 4) is 11.5 Å². The Morgan fingerprint density at radius 1 is 1.12 bits per heavy atom. The minimum Gasteiger partial charge on any atom is -0.463 e. The number of benzene rings is 1. The number of nitrogens with zero attached hydrogens (tertiary/aromatic N) is 4. The Balaban J connectivity index is 1.85. The first kappa shape index (κ1) is 15.6. The van der Waals surface area contributed by atoms with Gasteiger partial charge in [-0.25, -0.2) is 4.98 Å². The molecule has 0 saturated heterocycles. The SMILES string of the molecule is OCc1ccn2c(N=Nc3ccc(Cl)cc3)c(-c3ccco3)nc2c1. The van der Waals surface area contributed by atoms with E-state index in [1.807, 2.05) is 12.1 Å². The minimum absolute atomic E-state index is 0.0545. The number of aliphatic hydroxyl groups is 1. The smallest absolute Gasteiger partial charge is 0.190 e. The Morgan fingerprint density at radius 3 is 2.68 bits per heavy atom. The van der Waals surface area contributed by atoms with Crippen LogP contribution < -0.4 is 0 Å². The highest BCUT2D eigenvalue weighted by atomic mass is 35.5. The summed E-state index contributed by atoms with van der Waals surface area (Å²) < 4.78 is 7.27. The number of imidazole rings is 1. The largest absolute Gasteiger partial charge is 0.463 e. The van der Waals surface area contributed by atoms with Gasteiger partial charge in [-0.2, -0.15) is 0 Å². The average molecular weight is 353 g/mol. The third-order valence-electron chi connectivity index (χ3n) is 3.69. The Bertz CT molecular complexity index is 1040. The predicted octanol–water partition coefficient (Wildman–Crippen LogP) is 5.16. The molecule has 4 rings (SSSR count). The van der Waals surface area contributed by atoms with Gasteiger partial charge in [-0.3, -0.25) is 4.40 Å². The van der Waals surface area contributed by atoms with Crippen molar-refractivity contribution in [3.63, 3.8) is 0 Å². The van der Waals surface area contributed by atoms with Gasteiger partial charge in [0, 0.05) is 11.2 Å². The van der Waals surface area contributed by atoms with E-state index in [4.69, 9.17) is 16.0 Å². The molecule has 1 aromatic carbocycles. The standard InChI is InChI=1S/C18H13ClN4O2/c19-13-3-5-14(6-4-13)21-22-18-17(15-2-1-9-25-15)20-16-10-12(11-24)7-8-23(16)18/h1-10,24H,11H2. The summed E-state index contributed by atoms with van der Waals surface area (Å²) in [6.07, 6.45) is 3.38. The van der Waals surface area contributed by atoms with E-state index in [9.17, 15) is 5.11 Å². The molecule has 0 radical (unpaired) electrons. The Kier molecular flexibility index (Phi) is 4.05. The molecule has 3 heterocycles. The van der Waals surface area contributed by atoms with Crippen molar-refractivity contribution in [2.45, 2.75) is 6.61 Å². The van der Waals surface area contributed by atoms with Crippen molar-refractivity contribution >= 4 is 28.8 Å². The second kappa shape index (κ2) is 6.51. The van der Waals surface area contributed by atoms with Gasteiger partial charge in [-0.1, -0.05) is 11.6 Å². The summed E-state index contributed by atoms with van der Waals surface area (Å²) in [4.78, 5) is 4.57. The average Bonchev–Trinajstić information content (AvgIpc) is 3.28. The molecule has 0 aliphatic carbocycles. The van der Waals surface area contributed by atoms with Gasteiger partial charge >= 0.3 is 0 Å². The van der Waals surface area contributed by atoms with Crippen LogP contribution in [-0.4, -0.2) is 14.5 Å². The minimum atomic E-state index is -0.0545. The molecule has 25 heavy (non-hydrogen) atoms. The maximum absolute atomic E-state index is 9.32. The number of hydrogen-bond acceptors (Lipinski definition) is 5. The van der Waals surface area contributed by atoms with E-state index in [-0.39, 0.29) is 6.61 Å². The lowest BCUT2D eigenvalue weighted by Gasteiger charge is -1.99. The van der Waals surface area contributed by atoms with Crippen LogP contribution in [0.15, 0.2) is 75.6 Å². The van der Waals surface area contributed by atoms with Gasteiger partial charge in [0.1, 0.15) is 5.65 Å². The summed E-state index contributed by atoms with van der Waals surface area (Å²) in [5, 5.41) is 18.6. The van der Waals surface area contributed by atoms with Crippen molar-refractivity contribution in [1.82, 2.24) is 9.38 Å². The number of fused-ring (bicyclic) bond motifs is 1. The third kappa shape index (κ3) is 3.05. The molecule has 0 aliphatic heterocycles. The van der Waals surface area contributed by atoms with Gasteiger partial charge in [0.25, 0.3) is 0 Å². The van der Waals surface area contributed by atoms with Crippen LogP contribution in [0.25, 0.3) is 17.1 Å². The summed E-state index contributed by atoms with van der Waals surface area (Å²) in [5.74, 6) is 1.14. The highest BCUT2D eigenvalue weighted by Crippen LogP contribution is 2.33. The molecule has 6 nitrogen and oxygen atoms in total. The third-order valence-corrected chi connectivity index (χ3v) is 3.94. The predicted molar refractivity (Wildman–Crippen MR) is 94.4 cm³/mol. The van der Waals surface area contributed by atoms with E-state index in [1.54, 1.807) is 53.3 Å². The lowest BCUT2D eigenvalue weighted by atomic mass is 10.3. The molecule has 0 unspecified atom stereocenters. The van der Waals surface area contributed by atoms with E-state index in [2.05, 4.69) is 15.2 Å². The molecule has 0 aliphatic rings. The molecule has 4 aromatic rings. The van der Waals surface area contributed by atoms with Crippen LogP contribution in [0, 0.1) is 0 Å². The highest BCUT2D eigenvalue weighted by molar-refractivity contribution is 6.30. The van der Waals surface area contributed by atoms with Gasteiger partial charge in [0.2, 0.25) is 0 Å². The molecule has 0 bridgehead atoms. The molecule has 0 fully saturated rings. The van der Waals surface area contributed by atoms with Crippen LogP contribution in [0.5, 0.6) is 0 Å². The molecule has 0 atom stereocenters. The molecule has 7 heteroatoms. The Hall–Kier alpha value is -2.96. The molecule has 3 aromatic heterocycles. The summed E-state index contributed by atoms with van der Waals surface area (Å²) >= 11 is 5.89. The fraction of sp³-hybridized carbons (Fsp3) is 0.0556. The zero-order valence-electron chi connectivity index (χ0n) is 13.0. The quantitative estimate of drug-likeness (QED) is 0.516. The highest BCUT2D eigenvalue weighted by Gasteiger charge is 2.16. The normalized spacial score (nSPS) is 11.6. The summed E-state index contributed by atoms with van der Waals surface area (Å²) in [6.45, 7) is -0.0545. The van der Waals surface area contributed by atoms with Gasteiger partial charge in [0.15, 0.2) is 17.3 Å². The molecule has 0 spiro atoms. The topological polar surface area (TPSA) is 75.4 Å². The number of pyridine rings is 1. The fourth-order valence-corrected chi connectivity index (χ4v) is 2.59. The molecule has 0 amide bonds. The maximum atomic E-state index is 9.32. The monoisotopic (exact) mass is 352 g/mol. The first-order chi connectivity index (χ1) is 12.2. The maximum Gasteiger partial charge on any atom is 0.190 e. The summed E-state index contributed by atoms with van der Waals surface area (Å²) in [7, 11) is 0. The van der Waals surface area contributed by atoms with Crippen molar-refractivity contribution in [1.29, 1.82) is 0 Å². The van der Waals surface area contributed by atoms with Gasteiger partial charge in [0.05, 0.1) is 18.6 Å². The second-order valence-electron chi connectivity index (χ2n) is 5.36. The van der Waals surface area contributed by atoms with Crippen LogP contribution in [0.1, 0.15) is 5.56 Å². The van der Waals surface area contributed by atoms with Crippen molar-refractivity contribution < 1.29 is 9.52 Å². The number of hydrogen-bond donors (Lipinski definition) is 1. The molecule has 1 N–H and O–H groups in total. The zero-order chi connectivity index (χ0) is 17.2. The summed E-state index contributed by atoms with van der Waals surface area (Å²) in [5.41, 5.74) is 2.68. The number of azo groups is 1. The zero-order valence-corrected chi connectivity index (χ0v) is 13.8. The van der Waals surface area contributed by atoms with Crippen LogP contribution in [0.2, 0.25) is 5.02 Å². The van der Waals surface area contributed by atoms with Gasteiger partial charge in [-0.05, 0) is 54.1 Å². The second-order valence-corrected chi connectivity index (χ2v) is 5.80. The van der Waals surface area contributed by atoms with Gasteiger partial charge in [-0.15, -0.1) is 10.2 Å².